The molecule has 0 amide bonds. The molecule has 0 aromatic carbocycles. The van der Waals surface area contributed by atoms with Crippen molar-refractivity contribution in [2.24, 2.45) is 0 Å². The minimum atomic E-state index is -0.610. The fraction of sp³-hybridized carbons (Fsp3) is 0.577. The minimum absolute atomic E-state index is 0.0554. The number of carbonyl (C=O) groups is 1. The number of esters is 1. The van der Waals surface area contributed by atoms with Crippen LogP contribution in [0.25, 0.3) is 0 Å². The van der Waals surface area contributed by atoms with E-state index in [0.717, 1.165) is 25.7 Å². The standard InChI is InChI=1S/C26H40O5/c1-5-6-12-17-22(27)18-13-9-7-8-10-14-19-23-24(31-26(2,3)30-23)20-15-11-16-21-25(28)29-4/h6,8,10-15,18-19,22-24,27H,5,7,9,16-17,20-21H2,1-4H3/b10-8+,12-6-,15-11-,18-13+,19-14+. The Labute approximate surface area is 188 Å². The van der Waals surface area contributed by atoms with Crippen molar-refractivity contribution in [1.29, 1.82) is 0 Å². The van der Waals surface area contributed by atoms with Crippen LogP contribution in [-0.4, -0.2) is 42.3 Å². The Morgan fingerprint density at radius 1 is 1.03 bits per heavy atom. The molecule has 0 aliphatic carbocycles. The zero-order chi connectivity index (χ0) is 23.0. The van der Waals surface area contributed by atoms with Crippen LogP contribution in [0.15, 0.2) is 60.8 Å². The maximum Gasteiger partial charge on any atom is 0.305 e. The van der Waals surface area contributed by atoms with Gasteiger partial charge in [-0.15, -0.1) is 0 Å². The molecule has 0 aromatic rings. The maximum absolute atomic E-state index is 11.1. The topological polar surface area (TPSA) is 65.0 Å². The van der Waals surface area contributed by atoms with Crippen LogP contribution in [0.5, 0.6) is 0 Å². The Morgan fingerprint density at radius 3 is 2.55 bits per heavy atom. The Bertz CT molecular complexity index is 642. The van der Waals surface area contributed by atoms with E-state index in [1.54, 1.807) is 0 Å². The summed E-state index contributed by atoms with van der Waals surface area (Å²) in [7, 11) is 1.40. The molecule has 1 aliphatic rings. The molecule has 1 fully saturated rings. The number of rotatable bonds is 14. The second-order valence-corrected chi connectivity index (χ2v) is 7.96. The van der Waals surface area contributed by atoms with Gasteiger partial charge in [0.2, 0.25) is 0 Å². The number of carbonyl (C=O) groups excluding carboxylic acids is 1. The molecule has 3 atom stereocenters. The predicted octanol–water partition coefficient (Wildman–Crippen LogP) is 5.57. The Hall–Kier alpha value is -1.95. The quantitative estimate of drug-likeness (QED) is 0.168. The summed E-state index contributed by atoms with van der Waals surface area (Å²) >= 11 is 0. The van der Waals surface area contributed by atoms with Gasteiger partial charge in [0, 0.05) is 6.42 Å². The monoisotopic (exact) mass is 432 g/mol. The van der Waals surface area contributed by atoms with Crippen LogP contribution in [0.1, 0.15) is 65.7 Å². The number of aliphatic hydroxyl groups excluding tert-OH is 1. The Kier molecular flexibility index (Phi) is 13.8. The van der Waals surface area contributed by atoms with E-state index in [-0.39, 0.29) is 18.2 Å². The summed E-state index contributed by atoms with van der Waals surface area (Å²) in [5.41, 5.74) is 0. The lowest BCUT2D eigenvalue weighted by molar-refractivity contribution is -0.142. The first kappa shape index (κ1) is 27.1. The SMILES string of the molecule is CC/C=C\CC(O)/C=C/CC/C=C/C=C/C1OC(C)(C)OC1C/C=C\CCC(=O)OC. The van der Waals surface area contributed by atoms with Crippen LogP contribution in [-0.2, 0) is 19.0 Å². The average molecular weight is 433 g/mol. The lowest BCUT2D eigenvalue weighted by Crippen LogP contribution is -2.21. The first-order valence-corrected chi connectivity index (χ1v) is 11.3. The van der Waals surface area contributed by atoms with Gasteiger partial charge in [-0.3, -0.25) is 4.79 Å². The summed E-state index contributed by atoms with van der Waals surface area (Å²) in [6.45, 7) is 5.92. The van der Waals surface area contributed by atoms with Crippen molar-refractivity contribution in [3.63, 3.8) is 0 Å². The van der Waals surface area contributed by atoms with E-state index in [1.807, 2.05) is 62.5 Å². The third kappa shape index (κ3) is 13.1. The molecule has 1 aliphatic heterocycles. The van der Waals surface area contributed by atoms with Crippen LogP contribution < -0.4 is 0 Å². The van der Waals surface area contributed by atoms with E-state index < -0.39 is 11.9 Å². The number of unbranched alkanes of at least 4 members (excludes halogenated alkanes) is 1. The highest BCUT2D eigenvalue weighted by Gasteiger charge is 2.38. The summed E-state index contributed by atoms with van der Waals surface area (Å²) < 4.78 is 16.6. The fourth-order valence-electron chi connectivity index (χ4n) is 3.13. The normalized spacial score (nSPS) is 22.6. The molecule has 0 radical (unpaired) electrons. The van der Waals surface area contributed by atoms with Crippen LogP contribution in [0, 0.1) is 0 Å². The van der Waals surface area contributed by atoms with Gasteiger partial charge in [-0.1, -0.05) is 67.7 Å². The zero-order valence-corrected chi connectivity index (χ0v) is 19.5. The summed E-state index contributed by atoms with van der Waals surface area (Å²) in [6, 6.07) is 0. The first-order chi connectivity index (χ1) is 14.9. The predicted molar refractivity (Wildman–Crippen MR) is 126 cm³/mol. The molecule has 1 heterocycles. The van der Waals surface area contributed by atoms with Gasteiger partial charge >= 0.3 is 5.97 Å². The number of allylic oxidation sites excluding steroid dienone is 6. The van der Waals surface area contributed by atoms with E-state index in [9.17, 15) is 9.90 Å². The molecule has 5 nitrogen and oxygen atoms in total. The number of hydrogen-bond donors (Lipinski definition) is 1. The number of methoxy groups -OCH3 is 1. The molecule has 1 N–H and O–H groups in total. The van der Waals surface area contributed by atoms with Gasteiger partial charge in [0.1, 0.15) is 6.10 Å². The molecular formula is C26H40O5. The Balaban J connectivity index is 2.36. The molecule has 0 spiro atoms. The molecule has 0 bridgehead atoms. The van der Waals surface area contributed by atoms with Crippen molar-refractivity contribution in [3.05, 3.63) is 60.8 Å². The van der Waals surface area contributed by atoms with Crippen LogP contribution in [0.3, 0.4) is 0 Å². The Morgan fingerprint density at radius 2 is 1.81 bits per heavy atom. The van der Waals surface area contributed by atoms with E-state index in [1.165, 1.54) is 7.11 Å². The lowest BCUT2D eigenvalue weighted by Gasteiger charge is -2.16. The van der Waals surface area contributed by atoms with Crippen molar-refractivity contribution in [3.8, 4) is 0 Å². The summed E-state index contributed by atoms with van der Waals surface area (Å²) in [5.74, 6) is -0.809. The fourth-order valence-corrected chi connectivity index (χ4v) is 3.13. The van der Waals surface area contributed by atoms with Gasteiger partial charge in [-0.2, -0.15) is 0 Å². The van der Waals surface area contributed by atoms with E-state index in [2.05, 4.69) is 23.8 Å². The second kappa shape index (κ2) is 15.8. The highest BCUT2D eigenvalue weighted by atomic mass is 16.7. The van der Waals surface area contributed by atoms with Crippen LogP contribution >= 0.6 is 0 Å². The third-order valence-electron chi connectivity index (χ3n) is 4.69. The van der Waals surface area contributed by atoms with E-state index >= 15 is 0 Å². The summed E-state index contributed by atoms with van der Waals surface area (Å²) in [4.78, 5) is 11.1. The van der Waals surface area contributed by atoms with E-state index in [4.69, 9.17) is 9.47 Å². The second-order valence-electron chi connectivity index (χ2n) is 7.96. The molecule has 5 heteroatoms. The van der Waals surface area contributed by atoms with Crippen molar-refractivity contribution >= 4 is 5.97 Å². The average Bonchev–Trinajstić information content (AvgIpc) is 3.03. The summed E-state index contributed by atoms with van der Waals surface area (Å²) in [6.07, 6.45) is 24.8. The maximum atomic E-state index is 11.1. The van der Waals surface area contributed by atoms with Gasteiger partial charge in [0.25, 0.3) is 0 Å². The van der Waals surface area contributed by atoms with Crippen molar-refractivity contribution in [1.82, 2.24) is 0 Å². The highest BCUT2D eigenvalue weighted by Crippen LogP contribution is 2.30. The van der Waals surface area contributed by atoms with Gasteiger partial charge in [0.15, 0.2) is 5.79 Å². The minimum Gasteiger partial charge on any atom is -0.469 e. The molecule has 1 saturated heterocycles. The molecule has 31 heavy (non-hydrogen) atoms. The van der Waals surface area contributed by atoms with Crippen molar-refractivity contribution < 1.29 is 24.1 Å². The van der Waals surface area contributed by atoms with Crippen molar-refractivity contribution in [2.75, 3.05) is 7.11 Å². The first-order valence-electron chi connectivity index (χ1n) is 11.3. The number of aliphatic hydroxyl groups is 1. The number of hydrogen-bond acceptors (Lipinski definition) is 5. The van der Waals surface area contributed by atoms with Crippen LogP contribution in [0.4, 0.5) is 0 Å². The molecular weight excluding hydrogens is 392 g/mol. The summed E-state index contributed by atoms with van der Waals surface area (Å²) in [5, 5.41) is 9.81. The highest BCUT2D eigenvalue weighted by molar-refractivity contribution is 5.69. The molecule has 0 aromatic heterocycles. The third-order valence-corrected chi connectivity index (χ3v) is 4.69. The van der Waals surface area contributed by atoms with E-state index in [0.29, 0.717) is 19.3 Å². The van der Waals surface area contributed by atoms with Gasteiger partial charge in [-0.25, -0.2) is 0 Å². The zero-order valence-electron chi connectivity index (χ0n) is 19.5. The molecule has 174 valence electrons. The largest absolute Gasteiger partial charge is 0.469 e. The molecule has 1 rings (SSSR count). The van der Waals surface area contributed by atoms with Gasteiger partial charge in [-0.05, 0) is 52.4 Å². The van der Waals surface area contributed by atoms with Crippen molar-refractivity contribution in [2.45, 2.75) is 89.8 Å². The van der Waals surface area contributed by atoms with Crippen LogP contribution in [0.2, 0.25) is 0 Å². The smallest absolute Gasteiger partial charge is 0.305 e. The molecule has 0 saturated carbocycles. The van der Waals surface area contributed by atoms with Gasteiger partial charge in [0.05, 0.1) is 19.3 Å². The van der Waals surface area contributed by atoms with Gasteiger partial charge < -0.3 is 19.3 Å². The molecule has 3 unspecified atom stereocenters. The number of ether oxygens (including phenoxy) is 3. The lowest BCUT2D eigenvalue weighted by atomic mass is 10.1.